The molecule has 0 aliphatic heterocycles. The van der Waals surface area contributed by atoms with Gasteiger partial charge in [0.05, 0.1) is 25.4 Å². The fourth-order valence-electron chi connectivity index (χ4n) is 3.20. The first-order valence-corrected chi connectivity index (χ1v) is 10.4. The molecule has 1 N–H and O–H groups in total. The summed E-state index contributed by atoms with van der Waals surface area (Å²) in [6.07, 6.45) is 4.92. The molecule has 1 heterocycles. The highest BCUT2D eigenvalue weighted by atomic mass is 16.5. The van der Waals surface area contributed by atoms with Gasteiger partial charge in [-0.15, -0.1) is 5.10 Å². The van der Waals surface area contributed by atoms with E-state index in [1.807, 2.05) is 60.8 Å². The lowest BCUT2D eigenvalue weighted by atomic mass is 10.1. The Bertz CT molecular complexity index is 1250. The van der Waals surface area contributed by atoms with Crippen molar-refractivity contribution < 1.29 is 19.4 Å². The lowest BCUT2D eigenvalue weighted by molar-refractivity contribution is 0.104. The molecule has 0 saturated carbocycles. The van der Waals surface area contributed by atoms with E-state index >= 15 is 0 Å². The third kappa shape index (κ3) is 5.86. The topological polar surface area (TPSA) is 86.5 Å². The van der Waals surface area contributed by atoms with Crippen molar-refractivity contribution >= 4 is 11.9 Å². The van der Waals surface area contributed by atoms with Crippen LogP contribution in [0.3, 0.4) is 0 Å². The van der Waals surface area contributed by atoms with Crippen LogP contribution < -0.4 is 9.47 Å². The van der Waals surface area contributed by atoms with Gasteiger partial charge in [0.15, 0.2) is 5.78 Å². The van der Waals surface area contributed by atoms with Gasteiger partial charge in [0, 0.05) is 6.07 Å². The first-order valence-electron chi connectivity index (χ1n) is 10.4. The van der Waals surface area contributed by atoms with E-state index in [2.05, 4.69) is 10.3 Å². The number of benzene rings is 3. The summed E-state index contributed by atoms with van der Waals surface area (Å²) in [5.74, 6) is 0.717. The third-order valence-corrected chi connectivity index (χ3v) is 4.94. The highest BCUT2D eigenvalue weighted by molar-refractivity contribution is 6.08. The van der Waals surface area contributed by atoms with Crippen LogP contribution in [0.15, 0.2) is 85.1 Å². The molecule has 0 unspecified atom stereocenters. The van der Waals surface area contributed by atoms with E-state index in [0.717, 1.165) is 16.9 Å². The number of rotatable bonds is 9. The number of phenolic OH excluding ortho intramolecular Hbond substituents is 1. The molecule has 0 saturated heterocycles. The maximum atomic E-state index is 12.5. The van der Waals surface area contributed by atoms with Gasteiger partial charge >= 0.3 is 0 Å². The molecular formula is C26H23N3O4. The van der Waals surface area contributed by atoms with Crippen LogP contribution >= 0.6 is 0 Å². The normalized spacial score (nSPS) is 10.9. The number of allylic oxidation sites excluding steroid dienone is 1. The number of aromatic nitrogens is 3. The molecule has 33 heavy (non-hydrogen) atoms. The Balaban J connectivity index is 1.34. The zero-order chi connectivity index (χ0) is 23.0. The van der Waals surface area contributed by atoms with Gasteiger partial charge in [-0.1, -0.05) is 53.8 Å². The van der Waals surface area contributed by atoms with Crippen LogP contribution in [0.5, 0.6) is 17.2 Å². The van der Waals surface area contributed by atoms with Crippen molar-refractivity contribution in [2.24, 2.45) is 0 Å². The molecule has 0 spiro atoms. The lowest BCUT2D eigenvalue weighted by Crippen LogP contribution is -2.00. The number of carbonyl (C=O) groups is 1. The lowest BCUT2D eigenvalue weighted by Gasteiger charge is -2.07. The minimum atomic E-state index is -0.307. The SMILES string of the molecule is COc1ccc(/C=C/C(=O)c2ccc(OCc3cn(Cc4ccccc4)nn3)cc2O)cc1. The summed E-state index contributed by atoms with van der Waals surface area (Å²) >= 11 is 0. The Morgan fingerprint density at radius 2 is 1.79 bits per heavy atom. The van der Waals surface area contributed by atoms with Crippen LogP contribution in [-0.4, -0.2) is 33.0 Å². The zero-order valence-electron chi connectivity index (χ0n) is 18.1. The molecule has 0 amide bonds. The average molecular weight is 441 g/mol. The molecule has 0 fully saturated rings. The van der Waals surface area contributed by atoms with Crippen LogP contribution in [0, 0.1) is 0 Å². The number of methoxy groups -OCH3 is 1. The summed E-state index contributed by atoms with van der Waals surface area (Å²) in [5, 5.41) is 18.5. The van der Waals surface area contributed by atoms with Gasteiger partial charge in [-0.2, -0.15) is 0 Å². The van der Waals surface area contributed by atoms with Crippen molar-refractivity contribution in [3.63, 3.8) is 0 Å². The van der Waals surface area contributed by atoms with E-state index in [1.165, 1.54) is 18.2 Å². The molecule has 0 radical (unpaired) electrons. The summed E-state index contributed by atoms with van der Waals surface area (Å²) < 4.78 is 12.6. The number of aromatic hydroxyl groups is 1. The molecule has 3 aromatic carbocycles. The van der Waals surface area contributed by atoms with Crippen molar-refractivity contribution in [1.29, 1.82) is 0 Å². The highest BCUT2D eigenvalue weighted by Crippen LogP contribution is 2.25. The van der Waals surface area contributed by atoms with Crippen LogP contribution in [0.4, 0.5) is 0 Å². The smallest absolute Gasteiger partial charge is 0.189 e. The summed E-state index contributed by atoms with van der Waals surface area (Å²) in [6, 6.07) is 21.9. The number of hydrogen-bond donors (Lipinski definition) is 1. The summed E-state index contributed by atoms with van der Waals surface area (Å²) in [6.45, 7) is 0.814. The highest BCUT2D eigenvalue weighted by Gasteiger charge is 2.10. The molecule has 7 nitrogen and oxygen atoms in total. The molecule has 0 aliphatic carbocycles. The number of ether oxygens (including phenoxy) is 2. The number of nitrogens with zero attached hydrogens (tertiary/aromatic N) is 3. The minimum absolute atomic E-state index is 0.149. The predicted molar refractivity (Wildman–Crippen MR) is 124 cm³/mol. The van der Waals surface area contributed by atoms with E-state index in [-0.39, 0.29) is 23.7 Å². The van der Waals surface area contributed by atoms with Crippen molar-refractivity contribution in [3.8, 4) is 17.2 Å². The molecule has 0 aliphatic rings. The second kappa shape index (κ2) is 10.3. The molecule has 1 aromatic heterocycles. The van der Waals surface area contributed by atoms with Crippen LogP contribution in [-0.2, 0) is 13.2 Å². The maximum Gasteiger partial charge on any atom is 0.189 e. The zero-order valence-corrected chi connectivity index (χ0v) is 18.1. The minimum Gasteiger partial charge on any atom is -0.507 e. The molecule has 0 atom stereocenters. The fraction of sp³-hybridized carbons (Fsp3) is 0.115. The molecule has 166 valence electrons. The first kappa shape index (κ1) is 21.8. The first-order chi connectivity index (χ1) is 16.1. The Labute approximate surface area is 191 Å². The van der Waals surface area contributed by atoms with Gasteiger partial charge < -0.3 is 14.6 Å². The van der Waals surface area contributed by atoms with Crippen molar-refractivity contribution in [1.82, 2.24) is 15.0 Å². The predicted octanol–water partition coefficient (Wildman–Crippen LogP) is 4.52. The number of carbonyl (C=O) groups excluding carboxylic acids is 1. The number of ketones is 1. The second-order valence-corrected chi connectivity index (χ2v) is 7.33. The van der Waals surface area contributed by atoms with Crippen molar-refractivity contribution in [3.05, 3.63) is 107 Å². The second-order valence-electron chi connectivity index (χ2n) is 7.33. The standard InChI is InChI=1S/C26H23N3O4/c1-32-22-10-7-19(8-11-22)9-14-25(30)24-13-12-23(15-26(24)31)33-18-21-17-29(28-27-21)16-20-5-3-2-4-6-20/h2-15,17,31H,16,18H2,1H3/b14-9+. The quantitative estimate of drug-likeness (QED) is 0.304. The van der Waals surface area contributed by atoms with E-state index < -0.39 is 0 Å². The van der Waals surface area contributed by atoms with E-state index in [0.29, 0.717) is 18.0 Å². The number of phenols is 1. The third-order valence-electron chi connectivity index (χ3n) is 4.94. The van der Waals surface area contributed by atoms with Gasteiger partial charge in [0.2, 0.25) is 0 Å². The fourth-order valence-corrected chi connectivity index (χ4v) is 3.20. The Morgan fingerprint density at radius 3 is 2.52 bits per heavy atom. The van der Waals surface area contributed by atoms with Gasteiger partial charge in [-0.05, 0) is 41.5 Å². The van der Waals surface area contributed by atoms with Crippen LogP contribution in [0.25, 0.3) is 6.08 Å². The number of hydrogen-bond acceptors (Lipinski definition) is 6. The molecule has 7 heteroatoms. The van der Waals surface area contributed by atoms with Gasteiger partial charge in [-0.25, -0.2) is 4.68 Å². The van der Waals surface area contributed by atoms with Crippen molar-refractivity contribution in [2.75, 3.05) is 7.11 Å². The van der Waals surface area contributed by atoms with Crippen molar-refractivity contribution in [2.45, 2.75) is 13.2 Å². The maximum absolute atomic E-state index is 12.5. The molecular weight excluding hydrogens is 418 g/mol. The van der Waals surface area contributed by atoms with Crippen LogP contribution in [0.2, 0.25) is 0 Å². The van der Waals surface area contributed by atoms with E-state index in [9.17, 15) is 9.90 Å². The molecule has 4 rings (SSSR count). The van der Waals surface area contributed by atoms with E-state index in [4.69, 9.17) is 9.47 Å². The monoisotopic (exact) mass is 441 g/mol. The van der Waals surface area contributed by atoms with Gasteiger partial charge in [0.25, 0.3) is 0 Å². The summed E-state index contributed by atoms with van der Waals surface area (Å²) in [7, 11) is 1.60. The Hall–Kier alpha value is -4.39. The summed E-state index contributed by atoms with van der Waals surface area (Å²) in [4.78, 5) is 12.5. The average Bonchev–Trinajstić information content (AvgIpc) is 3.29. The summed E-state index contributed by atoms with van der Waals surface area (Å²) in [5.41, 5.74) is 2.83. The molecule has 0 bridgehead atoms. The Morgan fingerprint density at radius 1 is 1.03 bits per heavy atom. The van der Waals surface area contributed by atoms with Gasteiger partial charge in [-0.3, -0.25) is 4.79 Å². The molecule has 4 aromatic rings. The van der Waals surface area contributed by atoms with Crippen LogP contribution in [0.1, 0.15) is 27.2 Å². The van der Waals surface area contributed by atoms with Gasteiger partial charge in [0.1, 0.15) is 29.5 Å². The van der Waals surface area contributed by atoms with E-state index in [1.54, 1.807) is 23.9 Å². The largest absolute Gasteiger partial charge is 0.507 e. The Kier molecular flexibility index (Phi) is 6.80.